The highest BCUT2D eigenvalue weighted by molar-refractivity contribution is 6.03. The van der Waals surface area contributed by atoms with Gasteiger partial charge in [-0.1, -0.05) is 12.1 Å². The molecular weight excluding hydrogens is 258 g/mol. The van der Waals surface area contributed by atoms with Gasteiger partial charge in [-0.25, -0.2) is 0 Å². The smallest absolute Gasteiger partial charge is 0.319 e. The third-order valence-electron chi connectivity index (χ3n) is 3.64. The lowest BCUT2D eigenvalue weighted by Crippen LogP contribution is -2.27. The second-order valence-corrected chi connectivity index (χ2v) is 4.71. The van der Waals surface area contributed by atoms with Crippen LogP contribution in [0.4, 0.5) is 0 Å². The van der Waals surface area contributed by atoms with Crippen molar-refractivity contribution in [2.45, 2.75) is 5.92 Å². The molecule has 1 aliphatic rings. The first-order valence-electron chi connectivity index (χ1n) is 6.21. The number of phenolic OH excluding ortho intramolecular Hbond substituents is 1. The van der Waals surface area contributed by atoms with E-state index in [1.165, 1.54) is 11.7 Å². The van der Waals surface area contributed by atoms with Crippen LogP contribution in [0.3, 0.4) is 0 Å². The predicted octanol–water partition coefficient (Wildman–Crippen LogP) is 1.77. The summed E-state index contributed by atoms with van der Waals surface area (Å²) in [4.78, 5) is 24.3. The summed E-state index contributed by atoms with van der Waals surface area (Å²) in [6, 6.07) is 10.1. The van der Waals surface area contributed by atoms with Gasteiger partial charge in [0, 0.05) is 17.8 Å². The van der Waals surface area contributed by atoms with E-state index < -0.39 is 11.9 Å². The molecule has 1 aliphatic heterocycles. The Kier molecular flexibility index (Phi) is 2.82. The van der Waals surface area contributed by atoms with Crippen LogP contribution in [-0.4, -0.2) is 28.7 Å². The molecule has 2 aromatic rings. The van der Waals surface area contributed by atoms with Crippen LogP contribution in [0.2, 0.25) is 0 Å². The van der Waals surface area contributed by atoms with Crippen molar-refractivity contribution in [1.29, 1.82) is 0 Å². The van der Waals surface area contributed by atoms with Crippen molar-refractivity contribution in [2.24, 2.45) is 5.92 Å². The Morgan fingerprint density at radius 1 is 1.25 bits per heavy atom. The number of phenols is 1. The fraction of sp³-hybridized carbons (Fsp3) is 0.200. The molecule has 0 amide bonds. The predicted molar refractivity (Wildman–Crippen MR) is 70.5 cm³/mol. The molecule has 2 atom stereocenters. The molecule has 1 N–H and O–H groups in total. The summed E-state index contributed by atoms with van der Waals surface area (Å²) in [5, 5.41) is 9.36. The van der Waals surface area contributed by atoms with E-state index in [-0.39, 0.29) is 17.6 Å². The summed E-state index contributed by atoms with van der Waals surface area (Å²) in [5.41, 5.74) is 1.56. The average Bonchev–Trinajstić information content (AvgIpc) is 3.02. The molecule has 2 heterocycles. The normalized spacial score (nSPS) is 20.8. The van der Waals surface area contributed by atoms with Crippen LogP contribution >= 0.6 is 0 Å². The molecule has 0 aliphatic carbocycles. The maximum Gasteiger partial charge on any atom is 0.319 e. The second kappa shape index (κ2) is 4.52. The highest BCUT2D eigenvalue weighted by Crippen LogP contribution is 2.40. The zero-order chi connectivity index (χ0) is 14.3. The summed E-state index contributed by atoms with van der Waals surface area (Å²) >= 11 is 0. The minimum atomic E-state index is -0.874. The summed E-state index contributed by atoms with van der Waals surface area (Å²) in [5.74, 6) is -1.94. The van der Waals surface area contributed by atoms with Crippen molar-refractivity contribution in [2.75, 3.05) is 7.11 Å². The molecule has 0 saturated heterocycles. The average molecular weight is 271 g/mol. The van der Waals surface area contributed by atoms with E-state index in [1.54, 1.807) is 36.5 Å². The van der Waals surface area contributed by atoms with Gasteiger partial charge in [0.1, 0.15) is 11.7 Å². The van der Waals surface area contributed by atoms with E-state index >= 15 is 0 Å². The van der Waals surface area contributed by atoms with Crippen LogP contribution in [0.1, 0.15) is 22.0 Å². The number of methoxy groups -OCH3 is 1. The fourth-order valence-corrected chi connectivity index (χ4v) is 2.72. The van der Waals surface area contributed by atoms with Gasteiger partial charge in [0.25, 0.3) is 0 Å². The Balaban J connectivity index is 2.12. The minimum absolute atomic E-state index is 0.142. The Morgan fingerprint density at radius 3 is 2.60 bits per heavy atom. The van der Waals surface area contributed by atoms with Crippen molar-refractivity contribution in [3.63, 3.8) is 0 Å². The molecule has 0 fully saturated rings. The third-order valence-corrected chi connectivity index (χ3v) is 3.64. The van der Waals surface area contributed by atoms with Crippen molar-refractivity contribution >= 4 is 11.9 Å². The van der Waals surface area contributed by atoms with E-state index in [0.29, 0.717) is 0 Å². The number of esters is 1. The number of fused-ring (bicyclic) bond motifs is 1. The van der Waals surface area contributed by atoms with Crippen LogP contribution in [0, 0.1) is 5.92 Å². The van der Waals surface area contributed by atoms with E-state index in [1.807, 2.05) is 6.07 Å². The zero-order valence-corrected chi connectivity index (χ0v) is 10.8. The van der Waals surface area contributed by atoms with E-state index in [4.69, 9.17) is 4.74 Å². The van der Waals surface area contributed by atoms with Crippen LogP contribution in [-0.2, 0) is 9.53 Å². The summed E-state index contributed by atoms with van der Waals surface area (Å²) in [7, 11) is 1.27. The molecule has 3 rings (SSSR count). The number of rotatable bonds is 2. The number of nitrogens with zero attached hydrogens (tertiary/aromatic N) is 1. The summed E-state index contributed by atoms with van der Waals surface area (Å²) in [6.45, 7) is 0. The zero-order valence-electron chi connectivity index (χ0n) is 10.8. The molecule has 0 spiro atoms. The van der Waals surface area contributed by atoms with Gasteiger partial charge in [-0.15, -0.1) is 0 Å². The van der Waals surface area contributed by atoms with Crippen molar-refractivity contribution in [3.05, 3.63) is 53.9 Å². The van der Waals surface area contributed by atoms with Crippen molar-refractivity contribution < 1.29 is 19.4 Å². The summed E-state index contributed by atoms with van der Waals surface area (Å²) < 4.78 is 6.24. The molecule has 0 radical (unpaired) electrons. The van der Waals surface area contributed by atoms with E-state index in [0.717, 1.165) is 11.3 Å². The van der Waals surface area contributed by atoms with Crippen LogP contribution in [0.5, 0.6) is 5.75 Å². The van der Waals surface area contributed by atoms with Crippen LogP contribution in [0.25, 0.3) is 0 Å². The molecule has 20 heavy (non-hydrogen) atoms. The molecular formula is C15H13NO4. The molecule has 0 saturated carbocycles. The van der Waals surface area contributed by atoms with Crippen LogP contribution < -0.4 is 0 Å². The maximum absolute atomic E-state index is 12.3. The van der Waals surface area contributed by atoms with Gasteiger partial charge in [0.05, 0.1) is 7.11 Å². The topological polar surface area (TPSA) is 68.5 Å². The number of aromatic hydroxyl groups is 1. The third kappa shape index (κ3) is 1.71. The lowest BCUT2D eigenvalue weighted by atomic mass is 9.86. The first-order chi connectivity index (χ1) is 9.63. The van der Waals surface area contributed by atoms with E-state index in [9.17, 15) is 14.7 Å². The fourth-order valence-electron chi connectivity index (χ4n) is 2.72. The molecule has 5 nitrogen and oxygen atoms in total. The highest BCUT2D eigenvalue weighted by atomic mass is 16.5. The Morgan fingerprint density at radius 2 is 1.95 bits per heavy atom. The number of hydrogen-bond acceptors (Lipinski definition) is 4. The van der Waals surface area contributed by atoms with Crippen molar-refractivity contribution in [3.8, 4) is 5.75 Å². The lowest BCUT2D eigenvalue weighted by molar-refractivity contribution is -0.143. The van der Waals surface area contributed by atoms with Crippen molar-refractivity contribution in [1.82, 2.24) is 4.57 Å². The Hall–Kier alpha value is -2.56. The Labute approximate surface area is 115 Å². The van der Waals surface area contributed by atoms with Gasteiger partial charge in [0.15, 0.2) is 0 Å². The molecule has 5 heteroatoms. The first kappa shape index (κ1) is 12.5. The summed E-state index contributed by atoms with van der Waals surface area (Å²) in [6.07, 6.45) is 1.65. The SMILES string of the molecule is COC(=O)C1C(=O)n2cccc2C1c1ccc(O)cc1. The lowest BCUT2D eigenvalue weighted by Gasteiger charge is -2.16. The number of aromatic nitrogens is 1. The second-order valence-electron chi connectivity index (χ2n) is 4.71. The van der Waals surface area contributed by atoms with Gasteiger partial charge in [-0.3, -0.25) is 14.2 Å². The van der Waals surface area contributed by atoms with Gasteiger partial charge in [0.2, 0.25) is 5.91 Å². The minimum Gasteiger partial charge on any atom is -0.508 e. The van der Waals surface area contributed by atoms with Gasteiger partial charge >= 0.3 is 5.97 Å². The quantitative estimate of drug-likeness (QED) is 0.667. The largest absolute Gasteiger partial charge is 0.508 e. The number of benzene rings is 1. The standard InChI is InChI=1S/C15H13NO4/c1-20-15(19)13-12(9-4-6-10(17)7-5-9)11-3-2-8-16(11)14(13)18/h2-8,12-13,17H,1H3. The van der Waals surface area contributed by atoms with Gasteiger partial charge in [-0.2, -0.15) is 0 Å². The number of ether oxygens (including phenoxy) is 1. The monoisotopic (exact) mass is 271 g/mol. The molecule has 1 aromatic heterocycles. The Bertz CT molecular complexity index is 671. The maximum atomic E-state index is 12.3. The number of hydrogen-bond donors (Lipinski definition) is 1. The van der Waals surface area contributed by atoms with E-state index in [2.05, 4.69) is 0 Å². The van der Waals surface area contributed by atoms with Crippen LogP contribution in [0.15, 0.2) is 42.6 Å². The molecule has 102 valence electrons. The molecule has 0 bridgehead atoms. The van der Waals surface area contributed by atoms with Gasteiger partial charge < -0.3 is 9.84 Å². The highest BCUT2D eigenvalue weighted by Gasteiger charge is 2.45. The molecule has 1 aromatic carbocycles. The first-order valence-corrected chi connectivity index (χ1v) is 6.21. The van der Waals surface area contributed by atoms with Gasteiger partial charge in [-0.05, 0) is 29.8 Å². The number of carbonyl (C=O) groups excluding carboxylic acids is 2. The number of carbonyl (C=O) groups is 2. The molecule has 2 unspecified atom stereocenters.